The lowest BCUT2D eigenvalue weighted by molar-refractivity contribution is -0.121. The molecule has 0 saturated carbocycles. The van der Waals surface area contributed by atoms with Gasteiger partial charge in [-0.25, -0.2) is 4.98 Å². The maximum Gasteiger partial charge on any atom is 0.220 e. The van der Waals surface area contributed by atoms with Crippen LogP contribution >= 0.6 is 0 Å². The van der Waals surface area contributed by atoms with E-state index >= 15 is 0 Å². The molecule has 1 aromatic heterocycles. The van der Waals surface area contributed by atoms with E-state index in [1.54, 1.807) is 0 Å². The van der Waals surface area contributed by atoms with E-state index in [1.165, 1.54) is 6.33 Å². The van der Waals surface area contributed by atoms with Crippen molar-refractivity contribution >= 4 is 5.91 Å². The Morgan fingerprint density at radius 1 is 1.47 bits per heavy atom. The Morgan fingerprint density at radius 3 is 2.88 bits per heavy atom. The minimum Gasteiger partial charge on any atom is -0.346 e. The Labute approximate surface area is 101 Å². The molecular formula is C11H21N5O. The number of nitrogens with one attached hydrogen (secondary N) is 2. The number of hydrogen-bond donors (Lipinski definition) is 3. The van der Waals surface area contributed by atoms with Crippen LogP contribution in [0.1, 0.15) is 50.9 Å². The van der Waals surface area contributed by atoms with Crippen LogP contribution in [-0.2, 0) is 4.79 Å². The van der Waals surface area contributed by atoms with Crippen molar-refractivity contribution in [2.75, 3.05) is 6.54 Å². The van der Waals surface area contributed by atoms with E-state index in [-0.39, 0.29) is 11.9 Å². The van der Waals surface area contributed by atoms with Gasteiger partial charge < -0.3 is 11.1 Å². The third-order valence-corrected chi connectivity index (χ3v) is 2.58. The molecule has 6 heteroatoms. The third kappa shape index (κ3) is 5.44. The Hall–Kier alpha value is -1.43. The van der Waals surface area contributed by atoms with Gasteiger partial charge in [-0.1, -0.05) is 12.8 Å². The van der Waals surface area contributed by atoms with E-state index in [1.807, 2.05) is 6.92 Å². The number of nitrogens with two attached hydrogens (primary N) is 1. The van der Waals surface area contributed by atoms with Crippen LogP contribution in [0.25, 0.3) is 0 Å². The third-order valence-electron chi connectivity index (χ3n) is 2.58. The first-order chi connectivity index (χ1) is 8.24. The van der Waals surface area contributed by atoms with Crippen LogP contribution in [0, 0.1) is 0 Å². The van der Waals surface area contributed by atoms with Gasteiger partial charge in [-0.2, -0.15) is 5.10 Å². The van der Waals surface area contributed by atoms with Gasteiger partial charge in [0.25, 0.3) is 0 Å². The molecule has 0 aromatic carbocycles. The Morgan fingerprint density at radius 2 is 2.24 bits per heavy atom. The highest BCUT2D eigenvalue weighted by molar-refractivity contribution is 5.76. The molecule has 1 amide bonds. The number of carbonyl (C=O) groups excluding carboxylic acids is 1. The molecular weight excluding hydrogens is 218 g/mol. The number of aromatic nitrogens is 3. The van der Waals surface area contributed by atoms with Gasteiger partial charge in [0, 0.05) is 6.42 Å². The highest BCUT2D eigenvalue weighted by Gasteiger charge is 2.11. The van der Waals surface area contributed by atoms with Crippen molar-refractivity contribution in [1.29, 1.82) is 0 Å². The van der Waals surface area contributed by atoms with E-state index in [0.717, 1.165) is 32.2 Å². The van der Waals surface area contributed by atoms with Gasteiger partial charge in [-0.15, -0.1) is 0 Å². The van der Waals surface area contributed by atoms with Crippen molar-refractivity contribution in [3.8, 4) is 0 Å². The first kappa shape index (κ1) is 13.6. The first-order valence-corrected chi connectivity index (χ1v) is 6.08. The first-order valence-electron chi connectivity index (χ1n) is 6.08. The van der Waals surface area contributed by atoms with Gasteiger partial charge in [0.05, 0.1) is 6.04 Å². The zero-order chi connectivity index (χ0) is 12.5. The molecule has 0 fully saturated rings. The maximum atomic E-state index is 11.6. The number of aromatic amines is 1. The van der Waals surface area contributed by atoms with Crippen molar-refractivity contribution < 1.29 is 4.79 Å². The Balaban J connectivity index is 2.12. The number of amides is 1. The number of rotatable bonds is 8. The largest absolute Gasteiger partial charge is 0.346 e. The van der Waals surface area contributed by atoms with E-state index in [0.29, 0.717) is 12.2 Å². The molecule has 1 heterocycles. The number of nitrogens with zero attached hydrogens (tertiary/aromatic N) is 2. The van der Waals surface area contributed by atoms with E-state index in [2.05, 4.69) is 20.5 Å². The maximum absolute atomic E-state index is 11.6. The minimum absolute atomic E-state index is 0.0571. The van der Waals surface area contributed by atoms with Crippen LogP contribution in [0.3, 0.4) is 0 Å². The predicted octanol–water partition coefficient (Wildman–Crippen LogP) is 0.891. The van der Waals surface area contributed by atoms with E-state index in [4.69, 9.17) is 5.73 Å². The van der Waals surface area contributed by atoms with Crippen molar-refractivity contribution in [3.05, 3.63) is 12.2 Å². The molecule has 1 atom stereocenters. The second-order valence-corrected chi connectivity index (χ2v) is 4.11. The number of unbranched alkanes of at least 4 members (excludes halogenated alkanes) is 3. The summed E-state index contributed by atoms with van der Waals surface area (Å²) in [5, 5.41) is 9.36. The van der Waals surface area contributed by atoms with Gasteiger partial charge >= 0.3 is 0 Å². The van der Waals surface area contributed by atoms with E-state index < -0.39 is 0 Å². The number of H-pyrrole nitrogens is 1. The van der Waals surface area contributed by atoms with Crippen molar-refractivity contribution in [2.24, 2.45) is 5.73 Å². The second kappa shape index (κ2) is 7.78. The summed E-state index contributed by atoms with van der Waals surface area (Å²) in [5.74, 6) is 0.739. The summed E-state index contributed by atoms with van der Waals surface area (Å²) in [4.78, 5) is 15.6. The molecule has 0 spiro atoms. The summed E-state index contributed by atoms with van der Waals surface area (Å²) in [7, 11) is 0. The lowest BCUT2D eigenvalue weighted by Gasteiger charge is -2.10. The van der Waals surface area contributed by atoms with Crippen LogP contribution in [-0.4, -0.2) is 27.6 Å². The molecule has 1 aromatic rings. The lowest BCUT2D eigenvalue weighted by atomic mass is 10.1. The van der Waals surface area contributed by atoms with Crippen LogP contribution in [0.4, 0.5) is 0 Å². The Kier molecular flexibility index (Phi) is 6.24. The standard InChI is InChI=1S/C11H21N5O/c1-9(11-13-8-14-16-11)15-10(17)6-4-2-3-5-7-12/h8-9H,2-7,12H2,1H3,(H,15,17)(H,13,14,16). The summed E-state index contributed by atoms with van der Waals surface area (Å²) in [6, 6.07) is -0.117. The van der Waals surface area contributed by atoms with Crippen LogP contribution < -0.4 is 11.1 Å². The molecule has 0 saturated heterocycles. The topological polar surface area (TPSA) is 96.7 Å². The molecule has 96 valence electrons. The normalized spacial score (nSPS) is 12.4. The van der Waals surface area contributed by atoms with Crippen molar-refractivity contribution in [3.63, 3.8) is 0 Å². The lowest BCUT2D eigenvalue weighted by Crippen LogP contribution is -2.27. The molecule has 0 aliphatic heterocycles. The van der Waals surface area contributed by atoms with Gasteiger partial charge in [0.2, 0.25) is 5.91 Å². The van der Waals surface area contributed by atoms with Gasteiger partial charge in [0.1, 0.15) is 12.2 Å². The average Bonchev–Trinajstić information content (AvgIpc) is 2.82. The van der Waals surface area contributed by atoms with Gasteiger partial charge in [0.15, 0.2) is 0 Å². The zero-order valence-corrected chi connectivity index (χ0v) is 10.3. The zero-order valence-electron chi connectivity index (χ0n) is 10.3. The van der Waals surface area contributed by atoms with E-state index in [9.17, 15) is 4.79 Å². The fourth-order valence-electron chi connectivity index (χ4n) is 1.59. The summed E-state index contributed by atoms with van der Waals surface area (Å²) in [5.41, 5.74) is 5.40. The fourth-order valence-corrected chi connectivity index (χ4v) is 1.59. The quantitative estimate of drug-likeness (QED) is 0.587. The summed E-state index contributed by atoms with van der Waals surface area (Å²) in [6.45, 7) is 2.61. The monoisotopic (exact) mass is 239 g/mol. The van der Waals surface area contributed by atoms with Crippen LogP contribution in [0.15, 0.2) is 6.33 Å². The SMILES string of the molecule is CC(NC(=O)CCCCCCN)c1ncn[nH]1. The average molecular weight is 239 g/mol. The van der Waals surface area contributed by atoms with Gasteiger partial charge in [-0.3, -0.25) is 9.89 Å². The summed E-state index contributed by atoms with van der Waals surface area (Å²) >= 11 is 0. The molecule has 6 nitrogen and oxygen atoms in total. The molecule has 0 aliphatic carbocycles. The second-order valence-electron chi connectivity index (χ2n) is 4.11. The fraction of sp³-hybridized carbons (Fsp3) is 0.727. The molecule has 0 bridgehead atoms. The van der Waals surface area contributed by atoms with Crippen LogP contribution in [0.5, 0.6) is 0 Å². The molecule has 1 unspecified atom stereocenters. The molecule has 1 rings (SSSR count). The molecule has 0 aliphatic rings. The molecule has 0 radical (unpaired) electrons. The summed E-state index contributed by atoms with van der Waals surface area (Å²) < 4.78 is 0. The highest BCUT2D eigenvalue weighted by atomic mass is 16.1. The van der Waals surface area contributed by atoms with Crippen LogP contribution in [0.2, 0.25) is 0 Å². The number of hydrogen-bond acceptors (Lipinski definition) is 4. The number of carbonyl (C=O) groups is 1. The summed E-state index contributed by atoms with van der Waals surface area (Å²) in [6.07, 6.45) is 6.10. The predicted molar refractivity (Wildman–Crippen MR) is 65.1 cm³/mol. The van der Waals surface area contributed by atoms with Crippen molar-refractivity contribution in [2.45, 2.75) is 45.1 Å². The minimum atomic E-state index is -0.117. The van der Waals surface area contributed by atoms with Crippen molar-refractivity contribution in [1.82, 2.24) is 20.5 Å². The smallest absolute Gasteiger partial charge is 0.220 e. The molecule has 4 N–H and O–H groups in total. The molecule has 17 heavy (non-hydrogen) atoms. The Bertz CT molecular complexity index is 312. The highest BCUT2D eigenvalue weighted by Crippen LogP contribution is 2.06. The van der Waals surface area contributed by atoms with Gasteiger partial charge in [-0.05, 0) is 26.3 Å².